The SMILES string of the molecule is CCOP(=O)(OCC)C1(P(=O)(OCC)OCC)CC1[P+]1([O-])N(Cc2ccccc2)[C@@H]2CCCC[C@H]2N1Cc1ccccc1. The Kier molecular flexibility index (Phi) is 10.7. The van der Waals surface area contributed by atoms with Crippen molar-refractivity contribution in [1.82, 2.24) is 9.34 Å². The van der Waals surface area contributed by atoms with Crippen LogP contribution in [-0.2, 0) is 40.3 Å². The molecule has 238 valence electrons. The van der Waals surface area contributed by atoms with Crippen LogP contribution in [0.1, 0.15) is 70.9 Å². The Hall–Kier alpha value is -0.950. The van der Waals surface area contributed by atoms with Gasteiger partial charge in [0, 0.05) is 6.42 Å². The van der Waals surface area contributed by atoms with Crippen molar-refractivity contribution < 1.29 is 32.1 Å². The summed E-state index contributed by atoms with van der Waals surface area (Å²) in [6.45, 7) is 8.22. The molecule has 3 atom stereocenters. The largest absolute Gasteiger partial charge is 0.650 e. The number of hydrogen-bond donors (Lipinski definition) is 0. The lowest BCUT2D eigenvalue weighted by Crippen LogP contribution is -2.40. The molecular formula is C31H47N2O7P3. The normalized spacial score (nSPS) is 25.5. The van der Waals surface area contributed by atoms with Gasteiger partial charge in [0.05, 0.1) is 51.6 Å². The van der Waals surface area contributed by atoms with Crippen LogP contribution in [0.2, 0.25) is 0 Å². The quantitative estimate of drug-likeness (QED) is 0.182. The topological polar surface area (TPSA) is 101 Å². The highest BCUT2D eigenvalue weighted by molar-refractivity contribution is 7.78. The third-order valence-corrected chi connectivity index (χ3v) is 19.9. The highest BCUT2D eigenvalue weighted by Crippen LogP contribution is 2.95. The number of rotatable bonds is 15. The highest BCUT2D eigenvalue weighted by Gasteiger charge is 2.88. The fourth-order valence-electron chi connectivity index (χ4n) is 7.25. The van der Waals surface area contributed by atoms with Gasteiger partial charge in [-0.2, -0.15) is 9.34 Å². The van der Waals surface area contributed by atoms with E-state index in [-0.39, 0.29) is 44.9 Å². The third kappa shape index (κ3) is 5.89. The van der Waals surface area contributed by atoms with Crippen LogP contribution >= 0.6 is 23.0 Å². The molecule has 9 nitrogen and oxygen atoms in total. The van der Waals surface area contributed by atoms with Crippen molar-refractivity contribution in [2.24, 2.45) is 0 Å². The summed E-state index contributed by atoms with van der Waals surface area (Å²) >= 11 is 0. The van der Waals surface area contributed by atoms with E-state index in [0.717, 1.165) is 36.8 Å². The predicted molar refractivity (Wildman–Crippen MR) is 170 cm³/mol. The van der Waals surface area contributed by atoms with Crippen LogP contribution in [0.4, 0.5) is 0 Å². The second-order valence-corrected chi connectivity index (χ2v) is 19.2. The van der Waals surface area contributed by atoms with Crippen molar-refractivity contribution in [2.45, 2.75) is 95.5 Å². The monoisotopic (exact) mass is 652 g/mol. The van der Waals surface area contributed by atoms with E-state index in [2.05, 4.69) is 33.6 Å². The Labute approximate surface area is 257 Å². The number of nitrogens with zero attached hydrogens (tertiary/aromatic N) is 2. The molecule has 3 aliphatic rings. The van der Waals surface area contributed by atoms with Crippen LogP contribution in [0.5, 0.6) is 0 Å². The van der Waals surface area contributed by atoms with E-state index in [1.165, 1.54) is 0 Å². The summed E-state index contributed by atoms with van der Waals surface area (Å²) in [5.41, 5.74) is 1.32. The van der Waals surface area contributed by atoms with Crippen molar-refractivity contribution in [1.29, 1.82) is 0 Å². The first kappa shape index (κ1) is 33.4. The Morgan fingerprint density at radius 2 is 1.09 bits per heavy atom. The highest BCUT2D eigenvalue weighted by atomic mass is 31.2. The van der Waals surface area contributed by atoms with Crippen LogP contribution in [0.25, 0.3) is 0 Å². The Morgan fingerprint density at radius 1 is 0.721 bits per heavy atom. The van der Waals surface area contributed by atoms with Crippen LogP contribution in [0.3, 0.4) is 0 Å². The van der Waals surface area contributed by atoms with E-state index in [9.17, 15) is 9.13 Å². The minimum Gasteiger partial charge on any atom is -0.650 e. The second kappa shape index (κ2) is 13.8. The lowest BCUT2D eigenvalue weighted by molar-refractivity contribution is -0.193. The zero-order valence-corrected chi connectivity index (χ0v) is 28.6. The zero-order chi connectivity index (χ0) is 30.7. The van der Waals surface area contributed by atoms with Crippen LogP contribution in [-0.4, -0.2) is 58.4 Å². The molecule has 0 aromatic heterocycles. The standard InChI is InChI=1S/C31H47N2O7P3/c1-5-37-42(35,38-6-2)31(43(36,39-7-3)40-8-4)23-30(31)41(34)32(24-26-17-11-9-12-18-26)28-21-15-16-22-29(28)33(41)25-27-19-13-10-14-20-27/h9-14,17-20,28-30H,5-8,15-16,21-25H2,1-4H3/t28-,29-,30?/m1/s1. The van der Waals surface area contributed by atoms with Crippen LogP contribution in [0, 0.1) is 0 Å². The zero-order valence-electron chi connectivity index (χ0n) is 25.9. The molecule has 2 aromatic carbocycles. The Bertz CT molecular complexity index is 1190. The van der Waals surface area contributed by atoms with Gasteiger partial charge >= 0.3 is 15.2 Å². The maximum Gasteiger partial charge on any atom is 0.353 e. The van der Waals surface area contributed by atoms with E-state index in [1.54, 1.807) is 27.7 Å². The fourth-order valence-corrected chi connectivity index (χ4v) is 19.3. The van der Waals surface area contributed by atoms with Crippen LogP contribution in [0.15, 0.2) is 60.7 Å². The van der Waals surface area contributed by atoms with Crippen molar-refractivity contribution >= 4 is 23.0 Å². The Morgan fingerprint density at radius 3 is 1.44 bits per heavy atom. The maximum atomic E-state index is 16.3. The van der Waals surface area contributed by atoms with E-state index >= 15 is 4.89 Å². The first-order valence-corrected chi connectivity index (χ1v) is 20.5. The lowest BCUT2D eigenvalue weighted by atomic mass is 9.90. The van der Waals surface area contributed by atoms with E-state index in [1.807, 2.05) is 36.4 Å². The van der Waals surface area contributed by atoms with Gasteiger partial charge in [0.1, 0.15) is 13.4 Å². The molecule has 2 saturated carbocycles. The average molecular weight is 653 g/mol. The molecule has 0 spiro atoms. The molecule has 0 bridgehead atoms. The molecule has 1 heterocycles. The van der Waals surface area contributed by atoms with Gasteiger partial charge in [-0.25, -0.2) is 0 Å². The van der Waals surface area contributed by atoms with Gasteiger partial charge in [-0.15, -0.1) is 0 Å². The molecule has 1 aliphatic heterocycles. The molecule has 2 aliphatic carbocycles. The third-order valence-electron chi connectivity index (χ3n) is 8.99. The molecule has 2 aromatic rings. The molecule has 0 radical (unpaired) electrons. The van der Waals surface area contributed by atoms with Gasteiger partial charge < -0.3 is 23.0 Å². The molecule has 0 N–H and O–H groups in total. The smallest absolute Gasteiger partial charge is 0.353 e. The fraction of sp³-hybridized carbons (Fsp3) is 0.613. The lowest BCUT2D eigenvalue weighted by Gasteiger charge is -2.44. The van der Waals surface area contributed by atoms with Crippen LogP contribution < -0.4 is 4.89 Å². The molecule has 1 unspecified atom stereocenters. The second-order valence-electron chi connectivity index (χ2n) is 11.4. The van der Waals surface area contributed by atoms with Gasteiger partial charge in [-0.05, 0) is 51.7 Å². The van der Waals surface area contributed by atoms with E-state index < -0.39 is 33.5 Å². The van der Waals surface area contributed by atoms with Crippen molar-refractivity contribution in [3.63, 3.8) is 0 Å². The summed E-state index contributed by atoms with van der Waals surface area (Å²) < 4.78 is 57.9. The summed E-state index contributed by atoms with van der Waals surface area (Å²) in [5.74, 6) is 0. The summed E-state index contributed by atoms with van der Waals surface area (Å²) in [5, 5.41) is 0. The summed E-state index contributed by atoms with van der Waals surface area (Å²) in [4.78, 5) is 14.7. The molecular weight excluding hydrogens is 605 g/mol. The first-order chi connectivity index (χ1) is 20.7. The van der Waals surface area contributed by atoms with Crippen molar-refractivity contribution in [2.75, 3.05) is 26.4 Å². The summed E-state index contributed by atoms with van der Waals surface area (Å²) in [7, 11) is -11.9. The summed E-state index contributed by atoms with van der Waals surface area (Å²) in [6.07, 6.45) is 4.03. The minimum absolute atomic E-state index is 0.0407. The van der Waals surface area contributed by atoms with Crippen molar-refractivity contribution in [3.8, 4) is 0 Å². The number of benzene rings is 2. The number of fused-ring (bicyclic) bond motifs is 1. The first-order valence-electron chi connectivity index (χ1n) is 15.7. The maximum absolute atomic E-state index is 16.3. The van der Waals surface area contributed by atoms with Gasteiger partial charge in [0.25, 0.3) is 0 Å². The molecule has 1 saturated heterocycles. The summed E-state index contributed by atoms with van der Waals surface area (Å²) in [6, 6.07) is 20.2. The van der Waals surface area contributed by atoms with Gasteiger partial charge in [0.2, 0.25) is 4.90 Å². The van der Waals surface area contributed by atoms with E-state index in [0.29, 0.717) is 13.1 Å². The van der Waals surface area contributed by atoms with E-state index in [4.69, 9.17) is 18.1 Å². The molecule has 0 amide bonds. The molecule has 12 heteroatoms. The predicted octanol–water partition coefficient (Wildman–Crippen LogP) is 7.44. The van der Waals surface area contributed by atoms with Gasteiger partial charge in [-0.3, -0.25) is 9.13 Å². The molecule has 5 rings (SSSR count). The van der Waals surface area contributed by atoms with Crippen molar-refractivity contribution in [3.05, 3.63) is 71.8 Å². The van der Waals surface area contributed by atoms with Gasteiger partial charge in [-0.1, -0.05) is 73.5 Å². The molecule has 43 heavy (non-hydrogen) atoms. The Balaban J connectivity index is 1.70. The number of hydrogen-bond acceptors (Lipinski definition) is 9. The van der Waals surface area contributed by atoms with Gasteiger partial charge in [0.15, 0.2) is 0 Å². The average Bonchev–Trinajstić information content (AvgIpc) is 3.75. The minimum atomic E-state index is -4.14. The molecule has 3 fully saturated rings.